The Hall–Kier alpha value is -3.67. The Labute approximate surface area is 186 Å². The van der Waals surface area contributed by atoms with Gasteiger partial charge in [-0.25, -0.2) is 4.79 Å². The van der Waals surface area contributed by atoms with Crippen LogP contribution in [0.1, 0.15) is 24.5 Å². The molecular weight excluding hydrogens is 402 g/mol. The summed E-state index contributed by atoms with van der Waals surface area (Å²) in [5.74, 6) is -0.583. The van der Waals surface area contributed by atoms with Gasteiger partial charge in [-0.15, -0.1) is 0 Å². The lowest BCUT2D eigenvalue weighted by Gasteiger charge is -2.32. The van der Waals surface area contributed by atoms with Crippen LogP contribution in [0.4, 0.5) is 10.5 Å². The molecule has 32 heavy (non-hydrogen) atoms. The van der Waals surface area contributed by atoms with E-state index in [2.05, 4.69) is 11.4 Å². The minimum Gasteiger partial charge on any atom is -0.323 e. The van der Waals surface area contributed by atoms with Gasteiger partial charge in [0.1, 0.15) is 12.1 Å². The summed E-state index contributed by atoms with van der Waals surface area (Å²) in [5.41, 5.74) is 2.11. The molecule has 1 N–H and O–H groups in total. The number of urea groups is 1. The number of anilines is 1. The lowest BCUT2D eigenvalue weighted by atomic mass is 9.78. The lowest BCUT2D eigenvalue weighted by Crippen LogP contribution is -2.51. The van der Waals surface area contributed by atoms with Gasteiger partial charge in [0.15, 0.2) is 0 Å². The number of hydrogen-bond donors (Lipinski definition) is 1. The predicted molar refractivity (Wildman–Crippen MR) is 123 cm³/mol. The molecule has 0 aromatic heterocycles. The first-order valence-corrected chi connectivity index (χ1v) is 11.0. The predicted octanol–water partition coefficient (Wildman–Crippen LogP) is 3.67. The number of rotatable bonds is 4. The largest absolute Gasteiger partial charge is 0.325 e. The summed E-state index contributed by atoms with van der Waals surface area (Å²) in [6.07, 6.45) is 1.72. The maximum Gasteiger partial charge on any atom is 0.325 e. The van der Waals surface area contributed by atoms with Gasteiger partial charge < -0.3 is 10.2 Å². The first kappa shape index (κ1) is 20.2. The SMILES string of the molecule is CCN(C(=O)CN1C(=O)NC2(CCc3ccccc3C2)C1=O)c1cccc2ccccc12. The average molecular weight is 428 g/mol. The van der Waals surface area contributed by atoms with Crippen LogP contribution < -0.4 is 10.2 Å². The number of hydrogen-bond acceptors (Lipinski definition) is 3. The van der Waals surface area contributed by atoms with Gasteiger partial charge in [0, 0.05) is 18.4 Å². The standard InChI is InChI=1S/C26H25N3O3/c1-2-28(22-13-7-11-19-9-5-6-12-21(19)22)23(30)17-29-24(31)26(27-25(29)32)15-14-18-8-3-4-10-20(18)16-26/h3-13H,2,14-17H2,1H3,(H,27,32). The van der Waals surface area contributed by atoms with Crippen LogP contribution in [-0.2, 0) is 22.4 Å². The summed E-state index contributed by atoms with van der Waals surface area (Å²) in [4.78, 5) is 42.2. The molecule has 3 aromatic carbocycles. The Balaban J connectivity index is 1.39. The number of carbonyl (C=O) groups excluding carboxylic acids is 3. The number of fused-ring (bicyclic) bond motifs is 2. The van der Waals surface area contributed by atoms with E-state index in [0.29, 0.717) is 19.4 Å². The average Bonchev–Trinajstić information content (AvgIpc) is 3.03. The molecule has 6 heteroatoms. The van der Waals surface area contributed by atoms with Crippen molar-refractivity contribution in [2.24, 2.45) is 0 Å². The van der Waals surface area contributed by atoms with Crippen LogP contribution in [0, 0.1) is 0 Å². The smallest absolute Gasteiger partial charge is 0.323 e. The topological polar surface area (TPSA) is 69.7 Å². The summed E-state index contributed by atoms with van der Waals surface area (Å²) in [7, 11) is 0. The molecule has 1 heterocycles. The molecule has 4 amide bonds. The molecule has 0 bridgehead atoms. The number of nitrogens with one attached hydrogen (secondary N) is 1. The molecule has 2 aliphatic rings. The number of carbonyl (C=O) groups is 3. The molecule has 0 radical (unpaired) electrons. The maximum atomic E-state index is 13.4. The second kappa shape index (κ2) is 7.79. The van der Waals surface area contributed by atoms with Crippen molar-refractivity contribution in [2.45, 2.75) is 31.7 Å². The molecule has 6 nitrogen and oxygen atoms in total. The zero-order chi connectivity index (χ0) is 22.3. The van der Waals surface area contributed by atoms with E-state index in [0.717, 1.165) is 33.3 Å². The van der Waals surface area contributed by atoms with E-state index in [1.165, 1.54) is 5.56 Å². The molecule has 162 valence electrons. The number of likely N-dealkylation sites (N-methyl/N-ethyl adjacent to an activating group) is 1. The van der Waals surface area contributed by atoms with Gasteiger partial charge >= 0.3 is 6.03 Å². The van der Waals surface area contributed by atoms with Crippen molar-refractivity contribution < 1.29 is 14.4 Å². The fourth-order valence-corrected chi connectivity index (χ4v) is 4.99. The second-order valence-electron chi connectivity index (χ2n) is 8.49. The van der Waals surface area contributed by atoms with Crippen LogP contribution in [0.5, 0.6) is 0 Å². The molecule has 1 saturated heterocycles. The second-order valence-corrected chi connectivity index (χ2v) is 8.49. The van der Waals surface area contributed by atoms with Crippen LogP contribution in [0.25, 0.3) is 10.8 Å². The van der Waals surface area contributed by atoms with E-state index in [1.54, 1.807) is 4.90 Å². The summed E-state index contributed by atoms with van der Waals surface area (Å²) < 4.78 is 0. The summed E-state index contributed by atoms with van der Waals surface area (Å²) >= 11 is 0. The van der Waals surface area contributed by atoms with Crippen LogP contribution in [0.2, 0.25) is 0 Å². The van der Waals surface area contributed by atoms with Crippen molar-refractivity contribution in [3.63, 3.8) is 0 Å². The van der Waals surface area contributed by atoms with E-state index in [1.807, 2.05) is 67.6 Å². The highest BCUT2D eigenvalue weighted by Crippen LogP contribution is 2.34. The third kappa shape index (κ3) is 3.23. The van der Waals surface area contributed by atoms with Gasteiger partial charge in [-0.2, -0.15) is 0 Å². The van der Waals surface area contributed by atoms with Crippen molar-refractivity contribution in [3.8, 4) is 0 Å². The molecule has 3 aromatic rings. The van der Waals surface area contributed by atoms with Crippen LogP contribution in [0.15, 0.2) is 66.7 Å². The minimum atomic E-state index is -0.956. The monoisotopic (exact) mass is 427 g/mol. The van der Waals surface area contributed by atoms with E-state index in [9.17, 15) is 14.4 Å². The van der Waals surface area contributed by atoms with Gasteiger partial charge in [-0.3, -0.25) is 14.5 Å². The number of imide groups is 1. The molecule has 1 spiro atoms. The van der Waals surface area contributed by atoms with Crippen molar-refractivity contribution in [1.29, 1.82) is 0 Å². The minimum absolute atomic E-state index is 0.273. The molecule has 1 atom stereocenters. The van der Waals surface area contributed by atoms with Crippen molar-refractivity contribution in [2.75, 3.05) is 18.0 Å². The Morgan fingerprint density at radius 3 is 2.53 bits per heavy atom. The first-order valence-electron chi connectivity index (χ1n) is 11.0. The quantitative estimate of drug-likeness (QED) is 0.646. The Kier molecular flexibility index (Phi) is 4.93. The summed E-state index contributed by atoms with van der Waals surface area (Å²) in [6, 6.07) is 21.2. The van der Waals surface area contributed by atoms with Crippen molar-refractivity contribution >= 4 is 34.3 Å². The number of amides is 4. The Morgan fingerprint density at radius 1 is 1.00 bits per heavy atom. The maximum absolute atomic E-state index is 13.4. The Bertz CT molecular complexity index is 1230. The lowest BCUT2D eigenvalue weighted by molar-refractivity contribution is -0.134. The first-order chi connectivity index (χ1) is 15.5. The normalized spacial score (nSPS) is 19.8. The van der Waals surface area contributed by atoms with Crippen LogP contribution in [-0.4, -0.2) is 41.4 Å². The van der Waals surface area contributed by atoms with Gasteiger partial charge in [0.05, 0.1) is 5.69 Å². The Morgan fingerprint density at radius 2 is 1.72 bits per heavy atom. The fourth-order valence-electron chi connectivity index (χ4n) is 4.99. The molecule has 1 aliphatic carbocycles. The zero-order valence-corrected chi connectivity index (χ0v) is 18.0. The third-order valence-electron chi connectivity index (χ3n) is 6.65. The molecule has 1 aliphatic heterocycles. The van der Waals surface area contributed by atoms with Crippen LogP contribution in [0.3, 0.4) is 0 Å². The summed E-state index contributed by atoms with van der Waals surface area (Å²) in [6.45, 7) is 2.06. The third-order valence-corrected chi connectivity index (χ3v) is 6.65. The van der Waals surface area contributed by atoms with Crippen molar-refractivity contribution in [1.82, 2.24) is 10.2 Å². The van der Waals surface area contributed by atoms with Gasteiger partial charge in [-0.1, -0.05) is 60.7 Å². The molecular formula is C26H25N3O3. The van der Waals surface area contributed by atoms with E-state index in [4.69, 9.17) is 0 Å². The highest BCUT2D eigenvalue weighted by atomic mass is 16.2. The number of benzene rings is 3. The highest BCUT2D eigenvalue weighted by molar-refractivity contribution is 6.12. The van der Waals surface area contributed by atoms with Gasteiger partial charge in [0.2, 0.25) is 5.91 Å². The van der Waals surface area contributed by atoms with E-state index < -0.39 is 11.6 Å². The summed E-state index contributed by atoms with van der Waals surface area (Å²) in [5, 5.41) is 4.90. The number of aryl methyl sites for hydroxylation is 1. The molecule has 5 rings (SSSR count). The number of nitrogens with zero attached hydrogens (tertiary/aromatic N) is 2. The van der Waals surface area contributed by atoms with Crippen LogP contribution >= 0.6 is 0 Å². The molecule has 1 fully saturated rings. The highest BCUT2D eigenvalue weighted by Gasteiger charge is 2.52. The van der Waals surface area contributed by atoms with E-state index >= 15 is 0 Å². The van der Waals surface area contributed by atoms with Gasteiger partial charge in [0.25, 0.3) is 5.91 Å². The van der Waals surface area contributed by atoms with Gasteiger partial charge in [-0.05, 0) is 42.3 Å². The molecule has 0 saturated carbocycles. The molecule has 1 unspecified atom stereocenters. The zero-order valence-electron chi connectivity index (χ0n) is 18.0. The van der Waals surface area contributed by atoms with E-state index in [-0.39, 0.29) is 18.4 Å². The fraction of sp³-hybridized carbons (Fsp3) is 0.269. The van der Waals surface area contributed by atoms with Crippen molar-refractivity contribution in [3.05, 3.63) is 77.9 Å².